The third-order valence-electron chi connectivity index (χ3n) is 14.9. The van der Waals surface area contributed by atoms with Gasteiger partial charge in [-0.05, 0) is 123 Å². The molecule has 0 amide bonds. The number of carbonyl (C=O) groups excluding carboxylic acids is 3. The van der Waals surface area contributed by atoms with Crippen molar-refractivity contribution < 1.29 is 24.2 Å². The summed E-state index contributed by atoms with van der Waals surface area (Å²) in [5.41, 5.74) is 1.06. The number of esters is 1. The van der Waals surface area contributed by atoms with E-state index in [-0.39, 0.29) is 34.7 Å². The summed E-state index contributed by atoms with van der Waals surface area (Å²) >= 11 is 5.63. The van der Waals surface area contributed by atoms with Crippen molar-refractivity contribution >= 4 is 30.1 Å². The van der Waals surface area contributed by atoms with Crippen LogP contribution in [0.1, 0.15) is 145 Å². The fraction of sp³-hybridized carbons (Fsp3) is 0.814. The normalized spacial score (nSPS) is 37.4. The third kappa shape index (κ3) is 8.16. The van der Waals surface area contributed by atoms with Crippen LogP contribution in [0.15, 0.2) is 18.3 Å². The van der Waals surface area contributed by atoms with Crippen LogP contribution >= 0.6 is 11.6 Å². The van der Waals surface area contributed by atoms with E-state index in [9.17, 15) is 14.4 Å². The van der Waals surface area contributed by atoms with Crippen molar-refractivity contribution in [2.24, 2.45) is 56.2 Å². The molecule has 1 aromatic rings. The van der Waals surface area contributed by atoms with Gasteiger partial charge in [-0.1, -0.05) is 80.3 Å². The zero-order valence-electron chi connectivity index (χ0n) is 33.9. The van der Waals surface area contributed by atoms with Gasteiger partial charge in [0.15, 0.2) is 0 Å². The molecule has 51 heavy (non-hydrogen) atoms. The van der Waals surface area contributed by atoms with Crippen molar-refractivity contribution in [1.29, 1.82) is 0 Å². The number of rotatable bonds is 7. The Bertz CT molecular complexity index is 1320. The van der Waals surface area contributed by atoms with Gasteiger partial charge in [-0.25, -0.2) is 0 Å². The van der Waals surface area contributed by atoms with Crippen molar-refractivity contribution in [2.75, 3.05) is 14.2 Å². The monoisotopic (exact) mass is 731 g/mol. The predicted octanol–water partition coefficient (Wildman–Crippen LogP) is 9.66. The Morgan fingerprint density at radius 2 is 1.61 bits per heavy atom. The molecule has 5 saturated carbocycles. The third-order valence-corrected chi connectivity index (χ3v) is 15.2. The minimum absolute atomic E-state index is 0.0309. The molecule has 5 aliphatic rings. The first-order chi connectivity index (χ1) is 24.0. The summed E-state index contributed by atoms with van der Waals surface area (Å²) in [6, 6.07) is 3.74. The number of pyridine rings is 1. The lowest BCUT2D eigenvalue weighted by Crippen LogP contribution is -2.66. The molecule has 5 fully saturated rings. The summed E-state index contributed by atoms with van der Waals surface area (Å²) in [7, 11) is 2.89. The van der Waals surface area contributed by atoms with E-state index >= 15 is 0 Å². The minimum Gasteiger partial charge on any atom is -0.462 e. The summed E-state index contributed by atoms with van der Waals surface area (Å²) in [5.74, 6) is 2.24. The minimum atomic E-state index is -0.675. The Labute approximate surface area is 315 Å². The van der Waals surface area contributed by atoms with Gasteiger partial charge in [0.25, 0.3) is 0 Å². The van der Waals surface area contributed by atoms with Crippen LogP contribution in [0.4, 0.5) is 0 Å². The van der Waals surface area contributed by atoms with Crippen molar-refractivity contribution in [3.63, 3.8) is 0 Å². The molecule has 0 saturated heterocycles. The molecular formula is C43H71ClN2O5. The second-order valence-electron chi connectivity index (χ2n) is 18.1. The van der Waals surface area contributed by atoms with Gasteiger partial charge in [0.2, 0.25) is 0 Å². The Morgan fingerprint density at radius 3 is 2.20 bits per heavy atom. The fourth-order valence-electron chi connectivity index (χ4n) is 12.3. The van der Waals surface area contributed by atoms with E-state index in [1.165, 1.54) is 51.2 Å². The second-order valence-corrected chi connectivity index (χ2v) is 18.6. The number of aliphatic hydroxyl groups is 1. The summed E-state index contributed by atoms with van der Waals surface area (Å²) in [6.07, 6.45) is 16.9. The molecule has 8 unspecified atom stereocenters. The number of aliphatic hydroxyl groups excluding tert-OH is 1. The van der Waals surface area contributed by atoms with Crippen LogP contribution in [0.25, 0.3) is 0 Å². The van der Waals surface area contributed by atoms with Crippen LogP contribution in [0.3, 0.4) is 0 Å². The molecule has 0 radical (unpaired) electrons. The standard InChI is InChI=1S/C33H52O4.C7H9ClN2.C2H6.CH4O/c1-28(2,20-34)19-27(36)37-26-13-15-30(5)24(29(26,3)4)12-16-32(7)25(30)11-10-22-23-9-8-14-33(23,21-35)18-17-31(22,32)6;1-9-5-7-3-2-6(8)4-10-7;2*1-2/h20-26H,8-19H2,1-7H3;2-4,9H,5H2,1H3;1-2H3;2H,1H3/t22?,23?,24?,25?,26?,30?,31-,32?,33?;;;/m1.../s1. The topological polar surface area (TPSA) is 106 Å². The fourth-order valence-corrected chi connectivity index (χ4v) is 12.4. The maximum Gasteiger partial charge on any atom is 0.307 e. The first kappa shape index (κ1) is 43.6. The van der Waals surface area contributed by atoms with E-state index in [0.717, 1.165) is 51.3 Å². The number of halogens is 1. The number of aromatic nitrogens is 1. The lowest BCUT2D eigenvalue weighted by atomic mass is 9.32. The van der Waals surface area contributed by atoms with Crippen molar-refractivity contribution in [3.05, 3.63) is 29.0 Å². The second kappa shape index (κ2) is 17.1. The van der Waals surface area contributed by atoms with E-state index in [4.69, 9.17) is 21.4 Å². The van der Waals surface area contributed by atoms with Gasteiger partial charge < -0.3 is 24.7 Å². The van der Waals surface area contributed by atoms with Gasteiger partial charge in [-0.3, -0.25) is 9.78 Å². The summed E-state index contributed by atoms with van der Waals surface area (Å²) in [6.45, 7) is 20.9. The Kier molecular flexibility index (Phi) is 14.6. The molecule has 5 aliphatic carbocycles. The molecule has 0 aliphatic heterocycles. The van der Waals surface area contributed by atoms with Crippen molar-refractivity contribution in [3.8, 4) is 0 Å². The maximum atomic E-state index is 12.8. The largest absolute Gasteiger partial charge is 0.462 e. The number of carbonyl (C=O) groups is 3. The van der Waals surface area contributed by atoms with Crippen LogP contribution in [-0.4, -0.2) is 48.9 Å². The number of hydrogen-bond donors (Lipinski definition) is 2. The lowest BCUT2D eigenvalue weighted by Gasteiger charge is -2.72. The number of hydrogen-bond acceptors (Lipinski definition) is 7. The van der Waals surface area contributed by atoms with E-state index in [1.54, 1.807) is 20.0 Å². The van der Waals surface area contributed by atoms with Gasteiger partial charge in [-0.2, -0.15) is 0 Å². The SMILES string of the molecule is CC.CC(C)(C=O)CC(=O)OC1CCC2(C)C(CCC3(C)C2CCC2C4CCCC4(C=O)CC[C@]23C)C1(C)C.CNCc1ccc(Cl)cn1.CO. The molecule has 0 aromatic carbocycles. The van der Waals surface area contributed by atoms with Crippen LogP contribution in [-0.2, 0) is 25.7 Å². The Balaban J connectivity index is 0.000000426. The van der Waals surface area contributed by atoms with Crippen LogP contribution < -0.4 is 5.32 Å². The van der Waals surface area contributed by atoms with Gasteiger partial charge in [0.05, 0.1) is 17.1 Å². The smallest absolute Gasteiger partial charge is 0.307 e. The average molecular weight is 732 g/mol. The van der Waals surface area contributed by atoms with Gasteiger partial charge in [0, 0.05) is 36.1 Å². The number of aldehydes is 2. The van der Waals surface area contributed by atoms with Gasteiger partial charge >= 0.3 is 5.97 Å². The van der Waals surface area contributed by atoms with Crippen molar-refractivity contribution in [2.45, 2.75) is 152 Å². The number of fused-ring (bicyclic) bond motifs is 7. The van der Waals surface area contributed by atoms with Crippen molar-refractivity contribution in [1.82, 2.24) is 10.3 Å². The Hall–Kier alpha value is -1.83. The van der Waals surface area contributed by atoms with E-state index in [0.29, 0.717) is 39.5 Å². The highest BCUT2D eigenvalue weighted by Gasteiger charge is 2.70. The molecule has 290 valence electrons. The molecule has 2 N–H and O–H groups in total. The molecule has 1 aromatic heterocycles. The molecule has 8 heteroatoms. The predicted molar refractivity (Wildman–Crippen MR) is 207 cm³/mol. The van der Waals surface area contributed by atoms with Gasteiger partial charge in [0.1, 0.15) is 18.7 Å². The highest BCUT2D eigenvalue weighted by Crippen LogP contribution is 2.76. The van der Waals surface area contributed by atoms with Crippen LogP contribution in [0, 0.1) is 56.2 Å². The molecule has 7 nitrogen and oxygen atoms in total. The number of nitrogens with zero attached hydrogens (tertiary/aromatic N) is 1. The first-order valence-electron chi connectivity index (χ1n) is 19.8. The van der Waals surface area contributed by atoms with E-state index < -0.39 is 5.41 Å². The van der Waals surface area contributed by atoms with Crippen LogP contribution in [0.5, 0.6) is 0 Å². The molecular weight excluding hydrogens is 660 g/mol. The Morgan fingerprint density at radius 1 is 0.922 bits per heavy atom. The average Bonchev–Trinajstić information content (AvgIpc) is 3.54. The number of nitrogens with one attached hydrogen (secondary N) is 1. The van der Waals surface area contributed by atoms with Gasteiger partial charge in [-0.15, -0.1) is 0 Å². The highest BCUT2D eigenvalue weighted by molar-refractivity contribution is 6.30. The highest BCUT2D eigenvalue weighted by atomic mass is 35.5. The lowest BCUT2D eigenvalue weighted by molar-refractivity contribution is -0.246. The quantitative estimate of drug-likeness (QED) is 0.213. The summed E-state index contributed by atoms with van der Waals surface area (Å²) in [5, 5.41) is 10.7. The zero-order chi connectivity index (χ0) is 38.5. The van der Waals surface area contributed by atoms with Crippen LogP contribution in [0.2, 0.25) is 5.02 Å². The molecule has 0 bridgehead atoms. The number of ether oxygens (including phenoxy) is 1. The maximum absolute atomic E-state index is 12.8. The van der Waals surface area contributed by atoms with E-state index in [2.05, 4.69) is 44.9 Å². The summed E-state index contributed by atoms with van der Waals surface area (Å²) < 4.78 is 6.15. The zero-order valence-corrected chi connectivity index (χ0v) is 34.6. The summed E-state index contributed by atoms with van der Waals surface area (Å²) in [4.78, 5) is 40.6. The van der Waals surface area contributed by atoms with E-state index in [1.807, 2.05) is 33.0 Å². The molecule has 0 spiro atoms. The molecule has 9 atom stereocenters. The molecule has 6 rings (SSSR count). The first-order valence-corrected chi connectivity index (χ1v) is 20.2. The molecule has 1 heterocycles.